The van der Waals surface area contributed by atoms with Crippen LogP contribution >= 0.6 is 0 Å². The number of aromatic nitrogens is 4. The SMILES string of the molecule is c1ccc(-c2cccc(-c3ccccc3)c2-c2cnc3c4cc(Oc5ccc6c7ccccc7n(-c7ccccn7)c6c5)ccc4c4ccccc4n23)cc1. The van der Waals surface area contributed by atoms with Gasteiger partial charge in [-0.25, -0.2) is 9.97 Å². The lowest BCUT2D eigenvalue weighted by atomic mass is 9.90. The number of fused-ring (bicyclic) bond motifs is 9. The second-order valence-electron chi connectivity index (χ2n) is 13.8. The second kappa shape index (κ2) is 12.6. The Morgan fingerprint density at radius 2 is 1.02 bits per heavy atom. The number of benzene rings is 7. The fraction of sp³-hybridized carbons (Fsp3) is 0. The number of para-hydroxylation sites is 2. The van der Waals surface area contributed by atoms with Gasteiger partial charge in [0.2, 0.25) is 0 Å². The second-order valence-corrected chi connectivity index (χ2v) is 13.8. The minimum Gasteiger partial charge on any atom is -0.457 e. The van der Waals surface area contributed by atoms with Gasteiger partial charge in [-0.15, -0.1) is 0 Å². The van der Waals surface area contributed by atoms with Crippen molar-refractivity contribution in [3.8, 4) is 50.8 Å². The highest BCUT2D eigenvalue weighted by Crippen LogP contribution is 2.43. The summed E-state index contributed by atoms with van der Waals surface area (Å²) in [6.07, 6.45) is 3.87. The quantitative estimate of drug-likeness (QED) is 0.162. The highest BCUT2D eigenvalue weighted by atomic mass is 16.5. The van der Waals surface area contributed by atoms with Crippen LogP contribution in [0.5, 0.6) is 11.5 Å². The van der Waals surface area contributed by atoms with E-state index in [0.717, 1.165) is 94.6 Å². The highest BCUT2D eigenvalue weighted by Gasteiger charge is 2.21. The van der Waals surface area contributed by atoms with Crippen molar-refractivity contribution < 1.29 is 4.74 Å². The molecule has 0 unspecified atom stereocenters. The van der Waals surface area contributed by atoms with Crippen molar-refractivity contribution in [2.75, 3.05) is 0 Å². The van der Waals surface area contributed by atoms with Crippen LogP contribution in [-0.4, -0.2) is 18.9 Å². The third-order valence-electron chi connectivity index (χ3n) is 10.7. The fourth-order valence-electron chi connectivity index (χ4n) is 8.29. The van der Waals surface area contributed by atoms with E-state index in [0.29, 0.717) is 0 Å². The molecule has 55 heavy (non-hydrogen) atoms. The van der Waals surface area contributed by atoms with Gasteiger partial charge in [0.25, 0.3) is 0 Å². The summed E-state index contributed by atoms with van der Waals surface area (Å²) in [4.78, 5) is 9.90. The van der Waals surface area contributed by atoms with Crippen LogP contribution in [0.3, 0.4) is 0 Å². The minimum absolute atomic E-state index is 0.740. The number of imidazole rings is 1. The van der Waals surface area contributed by atoms with E-state index < -0.39 is 0 Å². The summed E-state index contributed by atoms with van der Waals surface area (Å²) in [5, 5.41) is 5.61. The van der Waals surface area contributed by atoms with Crippen LogP contribution in [-0.2, 0) is 0 Å². The summed E-state index contributed by atoms with van der Waals surface area (Å²) in [5.74, 6) is 2.35. The maximum absolute atomic E-state index is 6.72. The zero-order valence-electron chi connectivity index (χ0n) is 29.7. The highest BCUT2D eigenvalue weighted by molar-refractivity contribution is 6.13. The molecule has 258 valence electrons. The molecule has 7 aromatic carbocycles. The molecule has 0 spiro atoms. The number of nitrogens with zero attached hydrogens (tertiary/aromatic N) is 4. The van der Waals surface area contributed by atoms with Crippen LogP contribution in [0.1, 0.15) is 0 Å². The van der Waals surface area contributed by atoms with Gasteiger partial charge in [0.05, 0.1) is 28.4 Å². The molecule has 0 amide bonds. The summed E-state index contributed by atoms with van der Waals surface area (Å²) in [6, 6.07) is 63.6. The third kappa shape index (κ3) is 5.02. The smallest absolute Gasteiger partial charge is 0.145 e. The molecule has 4 aromatic heterocycles. The van der Waals surface area contributed by atoms with Gasteiger partial charge < -0.3 is 4.74 Å². The van der Waals surface area contributed by atoms with Gasteiger partial charge >= 0.3 is 0 Å². The first-order valence-electron chi connectivity index (χ1n) is 18.5. The fourth-order valence-corrected chi connectivity index (χ4v) is 8.29. The van der Waals surface area contributed by atoms with E-state index in [2.05, 4.69) is 173 Å². The first-order valence-corrected chi connectivity index (χ1v) is 18.5. The van der Waals surface area contributed by atoms with E-state index in [4.69, 9.17) is 14.7 Å². The largest absolute Gasteiger partial charge is 0.457 e. The van der Waals surface area contributed by atoms with Crippen molar-refractivity contribution in [3.63, 3.8) is 0 Å². The van der Waals surface area contributed by atoms with Crippen LogP contribution in [0.25, 0.3) is 88.5 Å². The molecule has 11 aromatic rings. The lowest BCUT2D eigenvalue weighted by Crippen LogP contribution is -1.97. The van der Waals surface area contributed by atoms with Crippen LogP contribution in [0.2, 0.25) is 0 Å². The molecule has 0 bridgehead atoms. The first-order chi connectivity index (χ1) is 27.3. The monoisotopic (exact) mass is 704 g/mol. The van der Waals surface area contributed by atoms with E-state index in [1.165, 1.54) is 5.39 Å². The minimum atomic E-state index is 0.740. The molecule has 0 saturated carbocycles. The lowest BCUT2D eigenvalue weighted by molar-refractivity contribution is 0.484. The van der Waals surface area contributed by atoms with E-state index in [-0.39, 0.29) is 0 Å². The van der Waals surface area contributed by atoms with Crippen molar-refractivity contribution in [2.24, 2.45) is 0 Å². The van der Waals surface area contributed by atoms with Gasteiger partial charge in [-0.1, -0.05) is 121 Å². The van der Waals surface area contributed by atoms with Crippen molar-refractivity contribution >= 4 is 49.1 Å². The van der Waals surface area contributed by atoms with Crippen molar-refractivity contribution in [2.45, 2.75) is 0 Å². The molecule has 0 aliphatic rings. The Balaban J connectivity index is 1.11. The molecular formula is C50H32N4O. The summed E-state index contributed by atoms with van der Waals surface area (Å²) < 4.78 is 11.2. The topological polar surface area (TPSA) is 44.3 Å². The van der Waals surface area contributed by atoms with Gasteiger partial charge in [-0.2, -0.15) is 0 Å². The summed E-state index contributed by atoms with van der Waals surface area (Å²) in [7, 11) is 0. The Hall–Kier alpha value is -7.50. The lowest BCUT2D eigenvalue weighted by Gasteiger charge is -2.17. The molecule has 0 N–H and O–H groups in total. The third-order valence-corrected chi connectivity index (χ3v) is 10.7. The Morgan fingerprint density at radius 3 is 1.73 bits per heavy atom. The molecule has 4 heterocycles. The molecule has 0 saturated heterocycles. The molecule has 5 nitrogen and oxygen atoms in total. The van der Waals surface area contributed by atoms with Crippen LogP contribution < -0.4 is 4.74 Å². The van der Waals surface area contributed by atoms with Crippen molar-refractivity contribution in [1.82, 2.24) is 18.9 Å². The van der Waals surface area contributed by atoms with Crippen LogP contribution in [0.15, 0.2) is 194 Å². The Bertz CT molecular complexity index is 3160. The first kappa shape index (κ1) is 31.1. The predicted molar refractivity (Wildman–Crippen MR) is 225 cm³/mol. The number of ether oxygens (including phenoxy) is 1. The molecule has 11 rings (SSSR count). The normalized spacial score (nSPS) is 11.6. The average Bonchev–Trinajstić information content (AvgIpc) is 3.84. The average molecular weight is 705 g/mol. The molecule has 0 aliphatic heterocycles. The van der Waals surface area contributed by atoms with E-state index in [1.807, 2.05) is 30.6 Å². The maximum Gasteiger partial charge on any atom is 0.145 e. The molecular weight excluding hydrogens is 673 g/mol. The summed E-state index contributed by atoms with van der Waals surface area (Å²) in [6.45, 7) is 0. The van der Waals surface area contributed by atoms with E-state index >= 15 is 0 Å². The Labute approximate surface area is 317 Å². The van der Waals surface area contributed by atoms with Crippen molar-refractivity contribution in [3.05, 3.63) is 194 Å². The van der Waals surface area contributed by atoms with Crippen LogP contribution in [0.4, 0.5) is 0 Å². The van der Waals surface area contributed by atoms with Gasteiger partial charge in [0.15, 0.2) is 0 Å². The van der Waals surface area contributed by atoms with E-state index in [1.54, 1.807) is 0 Å². The van der Waals surface area contributed by atoms with Gasteiger partial charge in [0, 0.05) is 39.4 Å². The van der Waals surface area contributed by atoms with Gasteiger partial charge in [-0.05, 0) is 82.2 Å². The van der Waals surface area contributed by atoms with Crippen LogP contribution in [0, 0.1) is 0 Å². The van der Waals surface area contributed by atoms with Crippen molar-refractivity contribution in [1.29, 1.82) is 0 Å². The van der Waals surface area contributed by atoms with Gasteiger partial charge in [0.1, 0.15) is 23.0 Å². The summed E-state index contributed by atoms with van der Waals surface area (Å²) in [5.41, 5.74) is 10.9. The maximum atomic E-state index is 6.72. The standard InChI is InChI=1S/C50H32N4O/c1-3-14-33(15-4-1)37-20-13-21-38(34-16-5-2-6-17-34)49(37)47-32-52-50-43-30-35(25-27-39(43)40-18-7-10-23-45(40)54(47)50)55-36-26-28-42-41-19-8-9-22-44(41)53(46(42)31-36)48-24-11-12-29-51-48/h1-32H. The zero-order chi connectivity index (χ0) is 36.3. The Morgan fingerprint density at radius 1 is 0.418 bits per heavy atom. The molecule has 5 heteroatoms. The van der Waals surface area contributed by atoms with E-state index in [9.17, 15) is 0 Å². The molecule has 0 aliphatic carbocycles. The molecule has 0 fully saturated rings. The molecule has 0 atom stereocenters. The predicted octanol–water partition coefficient (Wildman–Crippen LogP) is 12.9. The number of rotatable bonds is 6. The van der Waals surface area contributed by atoms with Gasteiger partial charge in [-0.3, -0.25) is 8.97 Å². The zero-order valence-corrected chi connectivity index (χ0v) is 29.7. The number of hydrogen-bond donors (Lipinski definition) is 0. The number of hydrogen-bond acceptors (Lipinski definition) is 3. The molecule has 0 radical (unpaired) electrons. The summed E-state index contributed by atoms with van der Waals surface area (Å²) >= 11 is 0. The number of pyridine rings is 2. The Kier molecular flexibility index (Phi) is 7.10.